The topological polar surface area (TPSA) is 71.3 Å². The molecule has 1 aromatic rings. The Morgan fingerprint density at radius 3 is 2.70 bits per heavy atom. The average molecular weight is 316 g/mol. The zero-order valence-corrected chi connectivity index (χ0v) is 13.9. The number of carbonyl (C=O) groups is 1. The van der Waals surface area contributed by atoms with Crippen molar-refractivity contribution < 1.29 is 14.3 Å². The van der Waals surface area contributed by atoms with Crippen molar-refractivity contribution in [2.75, 3.05) is 18.5 Å². The third kappa shape index (κ3) is 4.02. The van der Waals surface area contributed by atoms with E-state index in [0.29, 0.717) is 30.2 Å². The monoisotopic (exact) mass is 316 g/mol. The molecule has 0 unspecified atom stereocenters. The Bertz CT molecular complexity index is 586. The van der Waals surface area contributed by atoms with Crippen LogP contribution in [-0.2, 0) is 9.53 Å². The van der Waals surface area contributed by atoms with Gasteiger partial charge in [0.15, 0.2) is 0 Å². The highest BCUT2D eigenvalue weighted by Gasteiger charge is 2.42. The first kappa shape index (κ1) is 17.3. The van der Waals surface area contributed by atoms with Gasteiger partial charge in [0.2, 0.25) is 0 Å². The molecule has 1 aliphatic rings. The highest BCUT2D eigenvalue weighted by Crippen LogP contribution is 2.35. The maximum Gasteiger partial charge on any atom is 0.256 e. The van der Waals surface area contributed by atoms with E-state index in [1.54, 1.807) is 18.2 Å². The Morgan fingerprint density at radius 2 is 2.09 bits per heavy atom. The number of nitrogens with one attached hydrogen (secondary N) is 1. The van der Waals surface area contributed by atoms with Crippen molar-refractivity contribution in [3.63, 3.8) is 0 Å². The van der Waals surface area contributed by atoms with Crippen LogP contribution in [0.5, 0.6) is 5.75 Å². The van der Waals surface area contributed by atoms with Gasteiger partial charge in [0.25, 0.3) is 5.91 Å². The summed E-state index contributed by atoms with van der Waals surface area (Å²) in [5.74, 6) is 0.484. The maximum atomic E-state index is 12.7. The number of nitrogens with zero attached hydrogens (tertiary/aromatic N) is 1. The predicted octanol–water partition coefficient (Wildman–Crippen LogP) is 3.63. The van der Waals surface area contributed by atoms with E-state index < -0.39 is 5.60 Å². The van der Waals surface area contributed by atoms with Gasteiger partial charge < -0.3 is 14.8 Å². The number of hydrogen-bond donors (Lipinski definition) is 1. The lowest BCUT2D eigenvalue weighted by Crippen LogP contribution is -2.43. The van der Waals surface area contributed by atoms with Crippen molar-refractivity contribution in [2.45, 2.75) is 51.6 Å². The van der Waals surface area contributed by atoms with Gasteiger partial charge in [0.05, 0.1) is 17.9 Å². The Hall–Kier alpha value is -2.06. The van der Waals surface area contributed by atoms with E-state index in [1.807, 2.05) is 13.8 Å². The van der Waals surface area contributed by atoms with Crippen molar-refractivity contribution in [1.82, 2.24) is 0 Å². The van der Waals surface area contributed by atoms with Crippen LogP contribution in [0.15, 0.2) is 18.2 Å². The van der Waals surface area contributed by atoms with Crippen molar-refractivity contribution >= 4 is 11.6 Å². The number of anilines is 1. The molecule has 5 nitrogen and oxygen atoms in total. The van der Waals surface area contributed by atoms with Crippen LogP contribution >= 0.6 is 0 Å². The molecule has 1 amide bonds. The Labute approximate surface area is 137 Å². The summed E-state index contributed by atoms with van der Waals surface area (Å²) in [5.41, 5.74) is 0.155. The summed E-state index contributed by atoms with van der Waals surface area (Å²) in [7, 11) is 0. The third-order valence-electron chi connectivity index (χ3n) is 4.08. The number of ether oxygens (including phenoxy) is 2. The summed E-state index contributed by atoms with van der Waals surface area (Å²) in [5, 5.41) is 12.2. The van der Waals surface area contributed by atoms with E-state index in [-0.39, 0.29) is 5.91 Å². The van der Waals surface area contributed by atoms with Crippen LogP contribution in [-0.4, -0.2) is 24.7 Å². The molecule has 0 heterocycles. The molecule has 124 valence electrons. The second kappa shape index (κ2) is 7.98. The minimum atomic E-state index is -0.751. The predicted molar refractivity (Wildman–Crippen MR) is 88.4 cm³/mol. The molecular weight excluding hydrogens is 292 g/mol. The lowest BCUT2D eigenvalue weighted by molar-refractivity contribution is -0.140. The average Bonchev–Trinajstić information content (AvgIpc) is 3.04. The molecule has 0 spiro atoms. The van der Waals surface area contributed by atoms with Crippen LogP contribution in [0.1, 0.15) is 51.5 Å². The van der Waals surface area contributed by atoms with Crippen molar-refractivity contribution in [2.24, 2.45) is 0 Å². The Balaban J connectivity index is 2.15. The molecule has 2 rings (SSSR count). The third-order valence-corrected chi connectivity index (χ3v) is 4.08. The fraction of sp³-hybridized carbons (Fsp3) is 0.556. The first-order chi connectivity index (χ1) is 11.1. The van der Waals surface area contributed by atoms with Gasteiger partial charge in [-0.25, -0.2) is 0 Å². The summed E-state index contributed by atoms with van der Waals surface area (Å²) in [6.07, 6.45) is 4.33. The lowest BCUT2D eigenvalue weighted by Gasteiger charge is -2.27. The van der Waals surface area contributed by atoms with Crippen molar-refractivity contribution in [3.05, 3.63) is 23.8 Å². The lowest BCUT2D eigenvalue weighted by atomic mass is 10.0. The van der Waals surface area contributed by atoms with Crippen molar-refractivity contribution in [3.8, 4) is 11.8 Å². The van der Waals surface area contributed by atoms with Crippen LogP contribution in [0.3, 0.4) is 0 Å². The number of benzene rings is 1. The molecule has 1 N–H and O–H groups in total. The van der Waals surface area contributed by atoms with Gasteiger partial charge in [0.1, 0.15) is 17.4 Å². The largest absolute Gasteiger partial charge is 0.494 e. The molecule has 0 saturated heterocycles. The molecule has 0 atom stereocenters. The van der Waals surface area contributed by atoms with E-state index in [9.17, 15) is 10.1 Å². The summed E-state index contributed by atoms with van der Waals surface area (Å²) in [6, 6.07) is 7.27. The highest BCUT2D eigenvalue weighted by molar-refractivity contribution is 5.98. The van der Waals surface area contributed by atoms with Crippen LogP contribution in [0, 0.1) is 11.3 Å². The van der Waals surface area contributed by atoms with Gasteiger partial charge in [-0.05, 0) is 57.2 Å². The number of rotatable bonds is 7. The summed E-state index contributed by atoms with van der Waals surface area (Å²) >= 11 is 0. The molecule has 1 saturated carbocycles. The van der Waals surface area contributed by atoms with E-state index >= 15 is 0 Å². The van der Waals surface area contributed by atoms with E-state index in [2.05, 4.69) is 11.4 Å². The Kier molecular flexibility index (Phi) is 6.00. The molecule has 1 fully saturated rings. The maximum absolute atomic E-state index is 12.7. The van der Waals surface area contributed by atoms with Crippen LogP contribution in [0.25, 0.3) is 0 Å². The number of nitriles is 1. The van der Waals surface area contributed by atoms with Crippen LogP contribution < -0.4 is 10.1 Å². The second-order valence-electron chi connectivity index (χ2n) is 5.76. The van der Waals surface area contributed by atoms with Gasteiger partial charge in [-0.3, -0.25) is 4.79 Å². The van der Waals surface area contributed by atoms with Crippen LogP contribution in [0.2, 0.25) is 0 Å². The molecule has 1 aromatic carbocycles. The smallest absolute Gasteiger partial charge is 0.256 e. The second-order valence-corrected chi connectivity index (χ2v) is 5.76. The Morgan fingerprint density at radius 1 is 1.35 bits per heavy atom. The van der Waals surface area contributed by atoms with E-state index in [4.69, 9.17) is 9.47 Å². The standard InChI is InChI=1S/C18H24N2O3/c1-3-11-22-15-7-8-16(14(12-15)13-19)20-17(21)18(23-4-2)9-5-6-10-18/h7-8,12H,3-6,9-11H2,1-2H3,(H,20,21). The minimum Gasteiger partial charge on any atom is -0.494 e. The summed E-state index contributed by atoms with van der Waals surface area (Å²) in [4.78, 5) is 12.7. The number of amides is 1. The molecular formula is C18H24N2O3. The molecule has 5 heteroatoms. The SMILES string of the molecule is CCCOc1ccc(NC(=O)C2(OCC)CCCC2)c(C#N)c1. The van der Waals surface area contributed by atoms with Gasteiger partial charge >= 0.3 is 0 Å². The van der Waals surface area contributed by atoms with Gasteiger partial charge in [-0.15, -0.1) is 0 Å². The van der Waals surface area contributed by atoms with Gasteiger partial charge in [0, 0.05) is 6.61 Å². The molecule has 1 aliphatic carbocycles. The zero-order chi connectivity index (χ0) is 16.7. The molecule has 23 heavy (non-hydrogen) atoms. The molecule has 0 bridgehead atoms. The zero-order valence-electron chi connectivity index (χ0n) is 13.9. The molecule has 0 aromatic heterocycles. The summed E-state index contributed by atoms with van der Waals surface area (Å²) in [6.45, 7) is 5.02. The minimum absolute atomic E-state index is 0.157. The molecule has 0 aliphatic heterocycles. The van der Waals surface area contributed by atoms with Crippen LogP contribution in [0.4, 0.5) is 5.69 Å². The summed E-state index contributed by atoms with van der Waals surface area (Å²) < 4.78 is 11.3. The quantitative estimate of drug-likeness (QED) is 0.833. The number of hydrogen-bond acceptors (Lipinski definition) is 4. The normalized spacial score (nSPS) is 15.9. The molecule has 0 radical (unpaired) electrons. The first-order valence-corrected chi connectivity index (χ1v) is 8.27. The number of carbonyl (C=O) groups excluding carboxylic acids is 1. The van der Waals surface area contributed by atoms with Gasteiger partial charge in [-0.1, -0.05) is 6.92 Å². The highest BCUT2D eigenvalue weighted by atomic mass is 16.5. The van der Waals surface area contributed by atoms with E-state index in [1.165, 1.54) is 0 Å². The van der Waals surface area contributed by atoms with Crippen molar-refractivity contribution in [1.29, 1.82) is 5.26 Å². The van der Waals surface area contributed by atoms with Gasteiger partial charge in [-0.2, -0.15) is 5.26 Å². The van der Waals surface area contributed by atoms with E-state index in [0.717, 1.165) is 32.1 Å². The first-order valence-electron chi connectivity index (χ1n) is 8.27. The fourth-order valence-corrected chi connectivity index (χ4v) is 2.93. The fourth-order valence-electron chi connectivity index (χ4n) is 2.93.